The van der Waals surface area contributed by atoms with E-state index in [0.29, 0.717) is 10.5 Å². The van der Waals surface area contributed by atoms with Crippen LogP contribution in [0.4, 0.5) is 0 Å². The molecule has 0 N–H and O–H groups in total. The Morgan fingerprint density at radius 3 is 1.02 bits per heavy atom. The molecule has 0 amide bonds. The molecule has 0 bridgehead atoms. The van der Waals surface area contributed by atoms with Crippen molar-refractivity contribution < 1.29 is 0 Å². The van der Waals surface area contributed by atoms with E-state index in [1.54, 1.807) is 45.3 Å². The maximum atomic E-state index is 4.70. The predicted octanol–water partition coefficient (Wildman–Crippen LogP) is 15.9. The van der Waals surface area contributed by atoms with Gasteiger partial charge in [-0.1, -0.05) is 48.6 Å². The third-order valence-electron chi connectivity index (χ3n) is 12.4. The molecule has 6 nitrogen and oxygen atoms in total. The number of benzene rings is 4. The molecule has 12 rings (SSSR count). The van der Waals surface area contributed by atoms with Gasteiger partial charge in [-0.2, -0.15) is 0 Å². The molecule has 4 aromatic carbocycles. The molecule has 0 radical (unpaired) electrons. The molecule has 0 aliphatic carbocycles. The van der Waals surface area contributed by atoms with E-state index in [0.717, 1.165) is 54.2 Å². The Bertz CT molecular complexity index is 3150. The van der Waals surface area contributed by atoms with Gasteiger partial charge in [0, 0.05) is 78.0 Å². The minimum absolute atomic E-state index is 0.370. The third-order valence-corrected chi connectivity index (χ3v) is 18.4. The quantitative estimate of drug-likeness (QED) is 0.136. The summed E-state index contributed by atoms with van der Waals surface area (Å²) in [5.41, 5.74) is 19.0. The minimum Gasteiger partial charge on any atom is -0.305 e. The van der Waals surface area contributed by atoms with Crippen LogP contribution in [-0.2, 0) is 0 Å². The van der Waals surface area contributed by atoms with Crippen LogP contribution in [0.2, 0.25) is 0 Å². The van der Waals surface area contributed by atoms with Gasteiger partial charge < -0.3 is 9.13 Å². The molecule has 0 spiro atoms. The first-order valence-corrected chi connectivity index (χ1v) is 26.9. The smallest absolute Gasteiger partial charge is 0.140 e. The maximum absolute atomic E-state index is 4.70. The Hall–Kier alpha value is -5.86. The van der Waals surface area contributed by atoms with Crippen LogP contribution in [0.25, 0.3) is 86.2 Å². The van der Waals surface area contributed by atoms with Crippen molar-refractivity contribution in [3.8, 4) is 76.4 Å². The van der Waals surface area contributed by atoms with Gasteiger partial charge >= 0.3 is 0 Å². The van der Waals surface area contributed by atoms with Crippen molar-refractivity contribution in [2.45, 2.75) is 38.2 Å². The molecule has 66 heavy (non-hydrogen) atoms. The number of thiazole rings is 4. The van der Waals surface area contributed by atoms with Crippen LogP contribution in [0.15, 0.2) is 156 Å². The van der Waals surface area contributed by atoms with Crippen LogP contribution in [0.5, 0.6) is 0 Å². The number of rotatable bonds is 10. The van der Waals surface area contributed by atoms with Crippen molar-refractivity contribution in [1.29, 1.82) is 0 Å². The lowest BCUT2D eigenvalue weighted by molar-refractivity contribution is 1.08. The van der Waals surface area contributed by atoms with Gasteiger partial charge in [0.25, 0.3) is 0 Å². The van der Waals surface area contributed by atoms with Crippen LogP contribution in [0, 0.1) is 27.7 Å². The topological polar surface area (TPSA) is 61.4 Å². The van der Waals surface area contributed by atoms with E-state index >= 15 is 0 Å². The van der Waals surface area contributed by atoms with Gasteiger partial charge in [-0.25, -0.2) is 19.9 Å². The highest BCUT2D eigenvalue weighted by molar-refractivity contribution is 8.14. The van der Waals surface area contributed by atoms with Gasteiger partial charge in [-0.3, -0.25) is 0 Å². The Morgan fingerprint density at radius 1 is 0.379 bits per heavy atom. The molecule has 0 saturated heterocycles. The Balaban J connectivity index is 0.831. The molecule has 2 unspecified atom stereocenters. The summed E-state index contributed by atoms with van der Waals surface area (Å²) in [7, 11) is 0. The number of fused-ring (bicyclic) bond motifs is 1. The molecule has 6 aromatic heterocycles. The lowest BCUT2D eigenvalue weighted by Crippen LogP contribution is -2.04. The monoisotopic (exact) mass is 964 g/mol. The molecule has 8 heterocycles. The van der Waals surface area contributed by atoms with E-state index in [1.807, 2.05) is 69.8 Å². The number of aryl methyl sites for hydroxylation is 4. The van der Waals surface area contributed by atoms with Gasteiger partial charge in [-0.15, -0.1) is 68.9 Å². The Morgan fingerprint density at radius 2 is 0.697 bits per heavy atom. The van der Waals surface area contributed by atoms with Gasteiger partial charge in [0.1, 0.15) is 20.0 Å². The molecule has 0 fully saturated rings. The average molecular weight is 965 g/mol. The lowest BCUT2D eigenvalue weighted by Gasteiger charge is -2.17. The molecule has 322 valence electrons. The fourth-order valence-electron chi connectivity index (χ4n) is 9.10. The summed E-state index contributed by atoms with van der Waals surface area (Å²) in [4.78, 5) is 21.5. The van der Waals surface area contributed by atoms with E-state index in [9.17, 15) is 0 Å². The molecule has 2 aliphatic heterocycles. The number of thioether (sulfide) groups is 2. The predicted molar refractivity (Wildman–Crippen MR) is 285 cm³/mol. The van der Waals surface area contributed by atoms with Crippen LogP contribution in [0.1, 0.15) is 33.4 Å². The summed E-state index contributed by atoms with van der Waals surface area (Å²) >= 11 is 10.6. The van der Waals surface area contributed by atoms with Crippen molar-refractivity contribution in [3.05, 3.63) is 189 Å². The SMILES string of the molecule is Cc1ccc(C2=CC3SC(c4ccc(C)c(-c5cc(-n6c(-c7nccs7)ccc6-c6nccs6)ccc5C)c4)=CC3S2)cc1-c1cc(-n2c(-c3nccs3)ccc2-c2nccs2)ccc1C. The second kappa shape index (κ2) is 17.1. The van der Waals surface area contributed by atoms with E-state index in [2.05, 4.69) is 146 Å². The fourth-order valence-corrected chi connectivity index (χ4v) is 14.6. The van der Waals surface area contributed by atoms with Gasteiger partial charge in [0.2, 0.25) is 0 Å². The first kappa shape index (κ1) is 41.6. The van der Waals surface area contributed by atoms with Crippen molar-refractivity contribution in [1.82, 2.24) is 29.1 Å². The molecular formula is C54H40N6S6. The molecule has 2 aliphatic rings. The average Bonchev–Trinajstić information content (AvgIpc) is 4.17. The second-order valence-corrected chi connectivity index (χ2v) is 22.5. The third kappa shape index (κ3) is 7.40. The number of hydrogen-bond donors (Lipinski definition) is 0. The minimum atomic E-state index is 0.370. The largest absolute Gasteiger partial charge is 0.305 e. The van der Waals surface area contributed by atoms with Crippen LogP contribution < -0.4 is 0 Å². The highest BCUT2D eigenvalue weighted by Crippen LogP contribution is 2.54. The highest BCUT2D eigenvalue weighted by Gasteiger charge is 2.35. The summed E-state index contributed by atoms with van der Waals surface area (Å²) in [6.45, 7) is 8.90. The van der Waals surface area contributed by atoms with E-state index in [4.69, 9.17) is 19.9 Å². The first-order chi connectivity index (χ1) is 32.3. The summed E-state index contributed by atoms with van der Waals surface area (Å²) in [5, 5.41) is 12.8. The van der Waals surface area contributed by atoms with Crippen molar-refractivity contribution in [2.24, 2.45) is 0 Å². The molecule has 2 atom stereocenters. The molecule has 10 aromatic rings. The van der Waals surface area contributed by atoms with Gasteiger partial charge in [-0.05, 0) is 144 Å². The van der Waals surface area contributed by atoms with E-state index in [1.165, 1.54) is 65.4 Å². The molecule has 0 saturated carbocycles. The fraction of sp³-hybridized carbons (Fsp3) is 0.111. The lowest BCUT2D eigenvalue weighted by atomic mass is 9.94. The maximum Gasteiger partial charge on any atom is 0.140 e. The van der Waals surface area contributed by atoms with Crippen molar-refractivity contribution in [3.63, 3.8) is 0 Å². The summed E-state index contributed by atoms with van der Waals surface area (Å²) < 4.78 is 4.63. The Labute approximate surface area is 408 Å². The van der Waals surface area contributed by atoms with E-state index < -0.39 is 0 Å². The van der Waals surface area contributed by atoms with Crippen molar-refractivity contribution >= 4 is 78.7 Å². The normalized spacial score (nSPS) is 15.6. The zero-order valence-electron chi connectivity index (χ0n) is 36.3. The summed E-state index contributed by atoms with van der Waals surface area (Å²) in [5.74, 6) is 0. The van der Waals surface area contributed by atoms with Gasteiger partial charge in [0.15, 0.2) is 0 Å². The highest BCUT2D eigenvalue weighted by atomic mass is 32.2. The second-order valence-electron chi connectivity index (χ2n) is 16.5. The number of hydrogen-bond acceptors (Lipinski definition) is 10. The number of aromatic nitrogens is 6. The van der Waals surface area contributed by atoms with Crippen LogP contribution >= 0.6 is 68.9 Å². The Kier molecular flexibility index (Phi) is 10.8. The summed E-state index contributed by atoms with van der Waals surface area (Å²) in [6.07, 6.45) is 12.5. The number of nitrogens with zero attached hydrogens (tertiary/aromatic N) is 6. The van der Waals surface area contributed by atoms with Crippen LogP contribution in [-0.4, -0.2) is 39.6 Å². The molecule has 12 heteroatoms. The summed E-state index contributed by atoms with van der Waals surface area (Å²) in [6, 6.07) is 36.3. The van der Waals surface area contributed by atoms with Crippen molar-refractivity contribution in [2.75, 3.05) is 0 Å². The zero-order chi connectivity index (χ0) is 44.5. The molecular weight excluding hydrogens is 925 g/mol. The standard InChI is InChI=1S/C54H40N6S6/c1-31-5-9-35(25-39(31)41-27-37(11-7-33(41)3)59-43(51-55-17-21-61-51)13-14-44(59)52-56-18-22-62-52)47-29-49-50(65-47)30-48(66-49)36-10-6-32(2)40(26-36)42-28-38(12-8-34(42)4)60-45(53-57-19-23-63-53)15-16-46(60)54-58-20-24-64-54/h5-30,49-50H,1-4H3. The first-order valence-electron chi connectivity index (χ1n) is 21.6. The zero-order valence-corrected chi connectivity index (χ0v) is 41.2. The van der Waals surface area contributed by atoms with Gasteiger partial charge in [0.05, 0.1) is 22.8 Å². The van der Waals surface area contributed by atoms with Crippen LogP contribution in [0.3, 0.4) is 0 Å². The van der Waals surface area contributed by atoms with E-state index in [-0.39, 0.29) is 0 Å².